The highest BCUT2D eigenvalue weighted by Crippen LogP contribution is 2.21. The van der Waals surface area contributed by atoms with Crippen LogP contribution >= 0.6 is 0 Å². The summed E-state index contributed by atoms with van der Waals surface area (Å²) in [5.41, 5.74) is 0. The van der Waals surface area contributed by atoms with E-state index in [0.29, 0.717) is 6.42 Å². The van der Waals surface area contributed by atoms with Gasteiger partial charge in [0.05, 0.1) is 13.0 Å². The lowest BCUT2D eigenvalue weighted by atomic mass is 10.0. The van der Waals surface area contributed by atoms with E-state index in [9.17, 15) is 4.79 Å². The molecule has 1 aliphatic heterocycles. The van der Waals surface area contributed by atoms with Gasteiger partial charge in [0, 0.05) is 5.92 Å². The van der Waals surface area contributed by atoms with Gasteiger partial charge in [-0.15, -0.1) is 6.58 Å². The number of hydrogen-bond donors (Lipinski definition) is 1. The van der Waals surface area contributed by atoms with Crippen LogP contribution in [0.1, 0.15) is 6.42 Å². The van der Waals surface area contributed by atoms with E-state index < -0.39 is 0 Å². The van der Waals surface area contributed by atoms with Gasteiger partial charge < -0.3 is 9.84 Å². The molecule has 56 valence electrons. The van der Waals surface area contributed by atoms with E-state index in [4.69, 9.17) is 9.84 Å². The van der Waals surface area contributed by atoms with Gasteiger partial charge in [-0.1, -0.05) is 6.08 Å². The molecule has 0 unspecified atom stereocenters. The summed E-state index contributed by atoms with van der Waals surface area (Å²) in [6.45, 7) is 3.42. The monoisotopic (exact) mass is 142 g/mol. The topological polar surface area (TPSA) is 46.5 Å². The second kappa shape index (κ2) is 2.84. The van der Waals surface area contributed by atoms with Gasteiger partial charge in [0.25, 0.3) is 0 Å². The normalized spacial score (nSPS) is 31.9. The number of esters is 1. The van der Waals surface area contributed by atoms with Crippen molar-refractivity contribution in [2.75, 3.05) is 6.61 Å². The summed E-state index contributed by atoms with van der Waals surface area (Å²) >= 11 is 0. The third-order valence-corrected chi connectivity index (χ3v) is 1.65. The van der Waals surface area contributed by atoms with Crippen molar-refractivity contribution in [3.8, 4) is 0 Å². The number of cyclic esters (lactones) is 1. The number of carbonyl (C=O) groups is 1. The molecule has 2 atom stereocenters. The molecule has 1 heterocycles. The maximum Gasteiger partial charge on any atom is 0.306 e. The fourth-order valence-electron chi connectivity index (χ4n) is 1.04. The molecule has 0 aliphatic carbocycles. The Balaban J connectivity index is 2.56. The van der Waals surface area contributed by atoms with Crippen LogP contribution in [-0.4, -0.2) is 23.8 Å². The summed E-state index contributed by atoms with van der Waals surface area (Å²) in [5, 5.41) is 8.66. The van der Waals surface area contributed by atoms with Crippen LogP contribution in [0.25, 0.3) is 0 Å². The SMILES string of the molecule is C=C[C@H]1CC(=O)O[C@@H]1CO. The van der Waals surface area contributed by atoms with Gasteiger partial charge in [-0.25, -0.2) is 0 Å². The lowest BCUT2D eigenvalue weighted by Gasteiger charge is -2.09. The summed E-state index contributed by atoms with van der Waals surface area (Å²) in [6.07, 6.45) is 1.64. The van der Waals surface area contributed by atoms with Crippen LogP contribution in [0.2, 0.25) is 0 Å². The number of ether oxygens (including phenoxy) is 1. The lowest BCUT2D eigenvalue weighted by Crippen LogP contribution is -2.18. The molecule has 1 N–H and O–H groups in total. The molecular weight excluding hydrogens is 132 g/mol. The molecule has 0 aromatic rings. The van der Waals surface area contributed by atoms with Crippen LogP contribution in [-0.2, 0) is 9.53 Å². The minimum Gasteiger partial charge on any atom is -0.459 e. The predicted molar refractivity (Wildman–Crippen MR) is 35.3 cm³/mol. The number of hydrogen-bond acceptors (Lipinski definition) is 3. The van der Waals surface area contributed by atoms with E-state index in [1.54, 1.807) is 6.08 Å². The van der Waals surface area contributed by atoms with Crippen LogP contribution in [0.15, 0.2) is 12.7 Å². The average molecular weight is 142 g/mol. The van der Waals surface area contributed by atoms with Gasteiger partial charge in [0.2, 0.25) is 0 Å². The quantitative estimate of drug-likeness (QED) is 0.439. The van der Waals surface area contributed by atoms with E-state index in [-0.39, 0.29) is 24.6 Å². The van der Waals surface area contributed by atoms with Crippen LogP contribution in [0.5, 0.6) is 0 Å². The van der Waals surface area contributed by atoms with E-state index in [1.807, 2.05) is 0 Å². The maximum atomic E-state index is 10.6. The Hall–Kier alpha value is -0.830. The Bertz CT molecular complexity index is 153. The van der Waals surface area contributed by atoms with Crippen LogP contribution in [0, 0.1) is 5.92 Å². The average Bonchev–Trinajstić information content (AvgIpc) is 2.30. The molecule has 1 aliphatic rings. The van der Waals surface area contributed by atoms with Crippen LogP contribution in [0.3, 0.4) is 0 Å². The van der Waals surface area contributed by atoms with Gasteiger partial charge in [-0.05, 0) is 0 Å². The van der Waals surface area contributed by atoms with Gasteiger partial charge in [-0.2, -0.15) is 0 Å². The summed E-state index contributed by atoms with van der Waals surface area (Å²) in [5.74, 6) is -0.249. The molecule has 0 saturated carbocycles. The maximum absolute atomic E-state index is 10.6. The number of aliphatic hydroxyl groups excluding tert-OH is 1. The molecule has 3 nitrogen and oxygen atoms in total. The van der Waals surface area contributed by atoms with Crippen molar-refractivity contribution in [3.05, 3.63) is 12.7 Å². The van der Waals surface area contributed by atoms with Gasteiger partial charge >= 0.3 is 5.97 Å². The van der Waals surface area contributed by atoms with E-state index in [2.05, 4.69) is 6.58 Å². The zero-order chi connectivity index (χ0) is 7.56. The summed E-state index contributed by atoms with van der Waals surface area (Å²) in [6, 6.07) is 0. The smallest absolute Gasteiger partial charge is 0.306 e. The van der Waals surface area contributed by atoms with E-state index >= 15 is 0 Å². The second-order valence-electron chi connectivity index (χ2n) is 2.31. The van der Waals surface area contributed by atoms with Crippen molar-refractivity contribution < 1.29 is 14.6 Å². The molecule has 3 heteroatoms. The first-order chi connectivity index (χ1) is 4.77. The third kappa shape index (κ3) is 1.19. The largest absolute Gasteiger partial charge is 0.459 e. The molecule has 1 fully saturated rings. The number of rotatable bonds is 2. The predicted octanol–water partition coefficient (Wildman–Crippen LogP) is 0.0964. The minimum absolute atomic E-state index is 0.00231. The highest BCUT2D eigenvalue weighted by molar-refractivity contribution is 5.72. The third-order valence-electron chi connectivity index (χ3n) is 1.65. The molecule has 0 spiro atoms. The van der Waals surface area contributed by atoms with Gasteiger partial charge in [-0.3, -0.25) is 4.79 Å². The first kappa shape index (κ1) is 7.28. The molecule has 0 aromatic carbocycles. The second-order valence-corrected chi connectivity index (χ2v) is 2.31. The van der Waals surface area contributed by atoms with Crippen molar-refractivity contribution in [2.24, 2.45) is 5.92 Å². The first-order valence-corrected chi connectivity index (χ1v) is 3.21. The summed E-state index contributed by atoms with van der Waals surface area (Å²) < 4.78 is 4.75. The van der Waals surface area contributed by atoms with E-state index in [0.717, 1.165) is 0 Å². The Morgan fingerprint density at radius 2 is 2.60 bits per heavy atom. The Kier molecular flexibility index (Phi) is 2.06. The van der Waals surface area contributed by atoms with Crippen molar-refractivity contribution in [1.29, 1.82) is 0 Å². The standard InChI is InChI=1S/C7H10O3/c1-2-5-3-7(9)10-6(5)4-8/h2,5-6,8H,1,3-4H2/t5-,6+/m0/s1. The molecule has 1 rings (SSSR count). The molecule has 0 bridgehead atoms. The number of aliphatic hydroxyl groups is 1. The molecule has 10 heavy (non-hydrogen) atoms. The molecular formula is C7H10O3. The van der Waals surface area contributed by atoms with Crippen molar-refractivity contribution in [1.82, 2.24) is 0 Å². The Labute approximate surface area is 59.3 Å². The Morgan fingerprint density at radius 1 is 1.90 bits per heavy atom. The zero-order valence-corrected chi connectivity index (χ0v) is 5.62. The fraction of sp³-hybridized carbons (Fsp3) is 0.571. The first-order valence-electron chi connectivity index (χ1n) is 3.21. The van der Waals surface area contributed by atoms with Crippen molar-refractivity contribution >= 4 is 5.97 Å². The lowest BCUT2D eigenvalue weighted by molar-refractivity contribution is -0.142. The molecule has 1 saturated heterocycles. The van der Waals surface area contributed by atoms with Crippen molar-refractivity contribution in [3.63, 3.8) is 0 Å². The molecule has 0 radical (unpaired) electrons. The zero-order valence-electron chi connectivity index (χ0n) is 5.62. The van der Waals surface area contributed by atoms with Gasteiger partial charge in [0.1, 0.15) is 6.10 Å². The highest BCUT2D eigenvalue weighted by Gasteiger charge is 2.31. The minimum atomic E-state index is -0.356. The molecule has 0 aromatic heterocycles. The summed E-state index contributed by atoms with van der Waals surface area (Å²) in [4.78, 5) is 10.6. The van der Waals surface area contributed by atoms with E-state index in [1.165, 1.54) is 0 Å². The van der Waals surface area contributed by atoms with Crippen molar-refractivity contribution in [2.45, 2.75) is 12.5 Å². The highest BCUT2D eigenvalue weighted by atomic mass is 16.6. The summed E-state index contributed by atoms with van der Waals surface area (Å²) in [7, 11) is 0. The fourth-order valence-corrected chi connectivity index (χ4v) is 1.04. The Morgan fingerprint density at radius 3 is 3.00 bits per heavy atom. The van der Waals surface area contributed by atoms with Gasteiger partial charge in [0.15, 0.2) is 0 Å². The van der Waals surface area contributed by atoms with Crippen LogP contribution in [0.4, 0.5) is 0 Å². The molecule has 0 amide bonds. The van der Waals surface area contributed by atoms with Crippen LogP contribution < -0.4 is 0 Å². The number of carbonyl (C=O) groups excluding carboxylic acids is 1.